The minimum absolute atomic E-state index is 0.260. The molecule has 1 N–H and O–H groups in total. The number of hydrogen-bond acceptors (Lipinski definition) is 8. The van der Waals surface area contributed by atoms with E-state index in [1.54, 1.807) is 0 Å². The highest BCUT2D eigenvalue weighted by atomic mass is 32.2. The first-order valence-electron chi connectivity index (χ1n) is 10.1. The number of esters is 2. The molecule has 178 valence electrons. The van der Waals surface area contributed by atoms with Crippen LogP contribution in [0.3, 0.4) is 0 Å². The lowest BCUT2D eigenvalue weighted by atomic mass is 9.79. The van der Waals surface area contributed by atoms with Crippen molar-refractivity contribution in [3.63, 3.8) is 0 Å². The van der Waals surface area contributed by atoms with Crippen LogP contribution in [0.2, 0.25) is 0 Å². The van der Waals surface area contributed by atoms with E-state index in [0.717, 1.165) is 19.3 Å². The Hall–Kier alpha value is -1.18. The monoisotopic (exact) mass is 478 g/mol. The summed E-state index contributed by atoms with van der Waals surface area (Å²) in [6.45, 7) is 0. The van der Waals surface area contributed by atoms with E-state index in [-0.39, 0.29) is 12.0 Å². The van der Waals surface area contributed by atoms with Crippen LogP contribution in [0.25, 0.3) is 0 Å². The molecule has 3 aliphatic carbocycles. The van der Waals surface area contributed by atoms with E-state index in [1.807, 2.05) is 0 Å². The molecule has 0 heterocycles. The molecule has 3 rings (SSSR count). The van der Waals surface area contributed by atoms with E-state index in [9.17, 15) is 31.5 Å². The lowest BCUT2D eigenvalue weighted by molar-refractivity contribution is -0.434. The van der Waals surface area contributed by atoms with Crippen LogP contribution in [-0.2, 0) is 28.4 Å². The van der Waals surface area contributed by atoms with E-state index in [4.69, 9.17) is 9.99 Å². The van der Waals surface area contributed by atoms with Crippen molar-refractivity contribution in [3.05, 3.63) is 0 Å². The molecule has 0 aromatic heterocycles. The Bertz CT molecular complexity index is 656. The van der Waals surface area contributed by atoms with Crippen LogP contribution < -0.4 is 0 Å². The van der Waals surface area contributed by atoms with Crippen LogP contribution >= 0.6 is 12.0 Å². The van der Waals surface area contributed by atoms with Gasteiger partial charge in [0.1, 0.15) is 18.1 Å². The van der Waals surface area contributed by atoms with Crippen molar-refractivity contribution in [3.8, 4) is 0 Å². The van der Waals surface area contributed by atoms with Gasteiger partial charge in [0.15, 0.2) is 0 Å². The maximum Gasteiger partial charge on any atom is 0.432 e. The number of hydrogen-bond donors (Lipinski definition) is 1. The van der Waals surface area contributed by atoms with Crippen LogP contribution in [0.15, 0.2) is 0 Å². The third-order valence-electron chi connectivity index (χ3n) is 6.31. The van der Waals surface area contributed by atoms with Crippen LogP contribution in [0.4, 0.5) is 22.0 Å². The van der Waals surface area contributed by atoms with Gasteiger partial charge in [-0.2, -0.15) is 22.0 Å². The second kappa shape index (κ2) is 9.75. The summed E-state index contributed by atoms with van der Waals surface area (Å²) in [5, 5.41) is 6.06. The van der Waals surface area contributed by atoms with E-state index in [2.05, 4.69) is 14.1 Å². The Labute approximate surface area is 179 Å². The predicted octanol–water partition coefficient (Wildman–Crippen LogP) is 4.66. The van der Waals surface area contributed by atoms with Gasteiger partial charge in [0.05, 0.1) is 11.8 Å². The molecule has 0 aromatic rings. The fourth-order valence-electron chi connectivity index (χ4n) is 5.02. The van der Waals surface area contributed by atoms with Crippen molar-refractivity contribution < 1.29 is 55.6 Å². The van der Waals surface area contributed by atoms with Gasteiger partial charge in [0, 0.05) is 0 Å². The van der Waals surface area contributed by atoms with Gasteiger partial charge < -0.3 is 9.47 Å². The number of ether oxygens (including phenoxy) is 2. The maximum absolute atomic E-state index is 13.9. The molecular weight excluding hydrogens is 455 g/mol. The Kier molecular flexibility index (Phi) is 7.70. The van der Waals surface area contributed by atoms with Crippen molar-refractivity contribution >= 4 is 24.0 Å². The molecular formula is C18H23F5O7S. The number of rotatable bonds is 8. The van der Waals surface area contributed by atoms with Crippen molar-refractivity contribution in [1.82, 2.24) is 0 Å². The topological polar surface area (TPSA) is 91.3 Å². The van der Waals surface area contributed by atoms with Gasteiger partial charge in [-0.1, -0.05) is 11.5 Å². The second-order valence-corrected chi connectivity index (χ2v) is 9.07. The zero-order chi connectivity index (χ0) is 22.8. The van der Waals surface area contributed by atoms with Crippen LogP contribution in [0, 0.1) is 23.7 Å². The van der Waals surface area contributed by atoms with Gasteiger partial charge in [0.2, 0.25) is 0 Å². The highest BCUT2D eigenvalue weighted by Crippen LogP contribution is 2.54. The van der Waals surface area contributed by atoms with E-state index in [1.165, 1.54) is 0 Å². The van der Waals surface area contributed by atoms with Crippen LogP contribution in [0.1, 0.15) is 51.4 Å². The summed E-state index contributed by atoms with van der Waals surface area (Å²) < 4.78 is 80.7. The van der Waals surface area contributed by atoms with Gasteiger partial charge in [-0.25, -0.2) is 5.26 Å². The zero-order valence-electron chi connectivity index (χ0n) is 16.3. The normalized spacial score (nSPS) is 30.3. The molecule has 0 radical (unpaired) electrons. The maximum atomic E-state index is 13.9. The molecule has 0 aliphatic heterocycles. The Morgan fingerprint density at radius 1 is 0.903 bits per heavy atom. The van der Waals surface area contributed by atoms with Gasteiger partial charge in [-0.05, 0) is 56.8 Å². The van der Waals surface area contributed by atoms with E-state index < -0.39 is 59.3 Å². The fraction of sp³-hybridized carbons (Fsp3) is 0.889. The number of carbonyl (C=O) groups excluding carboxylic acids is 2. The molecule has 0 spiro atoms. The van der Waals surface area contributed by atoms with Gasteiger partial charge in [0.25, 0.3) is 6.10 Å². The zero-order valence-corrected chi connectivity index (χ0v) is 17.1. The Morgan fingerprint density at radius 2 is 1.48 bits per heavy atom. The summed E-state index contributed by atoms with van der Waals surface area (Å²) in [5.41, 5.74) is 0. The molecule has 0 amide bonds. The summed E-state index contributed by atoms with van der Waals surface area (Å²) in [6.07, 6.45) is -4.14. The minimum Gasteiger partial charge on any atom is -0.462 e. The van der Waals surface area contributed by atoms with Gasteiger partial charge in [-0.3, -0.25) is 9.59 Å². The summed E-state index contributed by atoms with van der Waals surface area (Å²) >= 11 is -1.15. The molecule has 13 heteroatoms. The number of halogens is 5. The predicted molar refractivity (Wildman–Crippen MR) is 94.0 cm³/mol. The highest BCUT2D eigenvalue weighted by Gasteiger charge is 2.63. The molecule has 31 heavy (non-hydrogen) atoms. The lowest BCUT2D eigenvalue weighted by Crippen LogP contribution is -2.49. The van der Waals surface area contributed by atoms with Gasteiger partial charge in [-0.15, -0.1) is 4.33 Å². The minimum atomic E-state index is -5.64. The van der Waals surface area contributed by atoms with Crippen molar-refractivity contribution in [2.45, 2.75) is 75.0 Å². The smallest absolute Gasteiger partial charge is 0.432 e. The third-order valence-corrected chi connectivity index (χ3v) is 6.87. The summed E-state index contributed by atoms with van der Waals surface area (Å²) in [7, 11) is 0. The van der Waals surface area contributed by atoms with E-state index >= 15 is 0 Å². The summed E-state index contributed by atoms with van der Waals surface area (Å²) in [5.74, 6) is -5.19. The Morgan fingerprint density at radius 3 is 2.03 bits per heavy atom. The molecule has 3 aliphatic rings. The van der Waals surface area contributed by atoms with Crippen LogP contribution in [0.5, 0.6) is 0 Å². The quantitative estimate of drug-likeness (QED) is 0.177. The van der Waals surface area contributed by atoms with Crippen molar-refractivity contribution in [1.29, 1.82) is 0 Å². The molecule has 7 nitrogen and oxygen atoms in total. The average molecular weight is 478 g/mol. The first-order valence-corrected chi connectivity index (χ1v) is 10.8. The van der Waals surface area contributed by atoms with Gasteiger partial charge >= 0.3 is 23.4 Å². The molecule has 5 atom stereocenters. The average Bonchev–Trinajstić information content (AvgIpc) is 3.31. The second-order valence-electron chi connectivity index (χ2n) is 8.23. The summed E-state index contributed by atoms with van der Waals surface area (Å²) in [4.78, 5) is 25.4. The number of fused-ring (bicyclic) bond motifs is 2. The first kappa shape index (κ1) is 24.5. The fourth-order valence-corrected chi connectivity index (χ4v) is 5.41. The van der Waals surface area contributed by atoms with Crippen LogP contribution in [-0.4, -0.2) is 40.8 Å². The SMILES string of the molecule is O=C(OC1CCCCC1)C1C2CCC(C2)C1C(=O)OC(C(F)(F)F)C(F)(F)SOOO. The molecule has 2 bridgehead atoms. The lowest BCUT2D eigenvalue weighted by Gasteiger charge is -2.32. The molecule has 3 fully saturated rings. The van der Waals surface area contributed by atoms with Crippen molar-refractivity contribution in [2.24, 2.45) is 23.7 Å². The number of alkyl halides is 5. The Balaban J connectivity index is 1.73. The standard InChI is InChI=1S/C18H23F5O7S/c19-17(20,21)16(18(22,23)31-30-29-26)28-15(25)13-10-7-6-9(8-10)12(13)14(24)27-11-4-2-1-3-5-11/h9-13,16,26H,1-8H2. The van der Waals surface area contributed by atoms with E-state index in [0.29, 0.717) is 32.1 Å². The first-order chi connectivity index (χ1) is 14.5. The molecule has 0 aromatic carbocycles. The molecule has 0 saturated heterocycles. The largest absolute Gasteiger partial charge is 0.462 e. The van der Waals surface area contributed by atoms with Crippen molar-refractivity contribution in [2.75, 3.05) is 0 Å². The number of carbonyl (C=O) groups is 2. The highest BCUT2D eigenvalue weighted by molar-refractivity contribution is 7.95. The molecule has 3 saturated carbocycles. The molecule has 5 unspecified atom stereocenters. The summed E-state index contributed by atoms with van der Waals surface area (Å²) in [6, 6.07) is 0. The third kappa shape index (κ3) is 5.60.